The van der Waals surface area contributed by atoms with E-state index >= 15 is 0 Å². The third-order valence-electron chi connectivity index (χ3n) is 3.17. The molecule has 1 saturated heterocycles. The second-order valence-electron chi connectivity index (χ2n) is 4.69. The Kier molecular flexibility index (Phi) is 2.88. The van der Waals surface area contributed by atoms with Gasteiger partial charge in [-0.15, -0.1) is 0 Å². The van der Waals surface area contributed by atoms with E-state index in [1.165, 1.54) is 19.3 Å². The average Bonchev–Trinajstić information content (AvgIpc) is 2.83. The van der Waals surface area contributed by atoms with E-state index in [2.05, 4.69) is 15.5 Å². The van der Waals surface area contributed by atoms with E-state index in [1.807, 2.05) is 0 Å². The highest BCUT2D eigenvalue weighted by molar-refractivity contribution is 5.02. The zero-order valence-corrected chi connectivity index (χ0v) is 9.32. The summed E-state index contributed by atoms with van der Waals surface area (Å²) in [4.78, 5) is 4.32. The Balaban J connectivity index is 1.42. The number of rotatable bonds is 5. The maximum Gasteiger partial charge on any atom is 0.252 e. The Hall–Kier alpha value is -0.940. The molecule has 2 heterocycles. The van der Waals surface area contributed by atoms with Crippen molar-refractivity contribution in [2.24, 2.45) is 5.92 Å². The second-order valence-corrected chi connectivity index (χ2v) is 4.69. The summed E-state index contributed by atoms with van der Waals surface area (Å²) >= 11 is 0. The number of hydrogen-bond acceptors (Lipinski definition) is 5. The van der Waals surface area contributed by atoms with E-state index in [-0.39, 0.29) is 0 Å². The van der Waals surface area contributed by atoms with Crippen LogP contribution in [0.2, 0.25) is 0 Å². The van der Waals surface area contributed by atoms with Crippen LogP contribution < -0.4 is 5.32 Å². The fourth-order valence-electron chi connectivity index (χ4n) is 2.00. The summed E-state index contributed by atoms with van der Waals surface area (Å²) in [5, 5.41) is 7.27. The minimum Gasteiger partial charge on any atom is -0.371 e. The molecule has 2 fully saturated rings. The van der Waals surface area contributed by atoms with Crippen LogP contribution in [0.3, 0.4) is 0 Å². The zero-order valence-electron chi connectivity index (χ0n) is 9.32. The molecule has 0 amide bonds. The smallest absolute Gasteiger partial charge is 0.252 e. The lowest BCUT2D eigenvalue weighted by Gasteiger charge is -2.06. The molecule has 1 saturated carbocycles. The van der Waals surface area contributed by atoms with Crippen molar-refractivity contribution in [3.8, 4) is 0 Å². The van der Waals surface area contributed by atoms with Crippen molar-refractivity contribution in [1.82, 2.24) is 15.5 Å². The van der Waals surface area contributed by atoms with E-state index in [0.29, 0.717) is 24.3 Å². The van der Waals surface area contributed by atoms with Crippen molar-refractivity contribution >= 4 is 0 Å². The minimum absolute atomic E-state index is 0.455. The van der Waals surface area contributed by atoms with Gasteiger partial charge in [0.1, 0.15) is 6.61 Å². The molecule has 3 rings (SSSR count). The van der Waals surface area contributed by atoms with Gasteiger partial charge in [-0.3, -0.25) is 0 Å². The predicted octanol–water partition coefficient (Wildman–Crippen LogP) is 1.07. The van der Waals surface area contributed by atoms with Gasteiger partial charge in [0.2, 0.25) is 0 Å². The number of nitrogens with one attached hydrogen (secondary N) is 1. The van der Waals surface area contributed by atoms with E-state index in [9.17, 15) is 0 Å². The SMILES string of the molecule is C1CC(COCc2nc(C3CC3)no2)CN1. The molecule has 1 aliphatic heterocycles. The number of ether oxygens (including phenoxy) is 1. The highest BCUT2D eigenvalue weighted by Crippen LogP contribution is 2.38. The number of nitrogens with zero attached hydrogens (tertiary/aromatic N) is 2. The average molecular weight is 223 g/mol. The van der Waals surface area contributed by atoms with Gasteiger partial charge >= 0.3 is 0 Å². The standard InChI is InChI=1S/C11H17N3O2/c1-2-9(1)11-13-10(16-14-11)7-15-6-8-3-4-12-5-8/h8-9,12H,1-7H2. The van der Waals surface area contributed by atoms with Crippen molar-refractivity contribution in [3.05, 3.63) is 11.7 Å². The molecule has 0 aromatic carbocycles. The molecule has 5 heteroatoms. The van der Waals surface area contributed by atoms with Gasteiger partial charge in [-0.2, -0.15) is 4.98 Å². The first-order valence-corrected chi connectivity index (χ1v) is 6.03. The van der Waals surface area contributed by atoms with Gasteiger partial charge in [-0.1, -0.05) is 5.16 Å². The Labute approximate surface area is 94.6 Å². The van der Waals surface area contributed by atoms with Gasteiger partial charge < -0.3 is 14.6 Å². The summed E-state index contributed by atoms with van der Waals surface area (Å²) in [6, 6.07) is 0. The third-order valence-corrected chi connectivity index (χ3v) is 3.17. The molecule has 2 aliphatic rings. The molecule has 0 spiro atoms. The van der Waals surface area contributed by atoms with Crippen molar-refractivity contribution in [2.45, 2.75) is 31.8 Å². The first-order chi connectivity index (χ1) is 7.92. The molecular weight excluding hydrogens is 206 g/mol. The third kappa shape index (κ3) is 2.41. The summed E-state index contributed by atoms with van der Waals surface area (Å²) in [5.41, 5.74) is 0. The van der Waals surface area contributed by atoms with E-state index in [1.54, 1.807) is 0 Å². The van der Waals surface area contributed by atoms with Crippen molar-refractivity contribution in [3.63, 3.8) is 0 Å². The maximum absolute atomic E-state index is 5.58. The lowest BCUT2D eigenvalue weighted by molar-refractivity contribution is 0.0736. The van der Waals surface area contributed by atoms with Crippen LogP contribution in [0.15, 0.2) is 4.52 Å². The zero-order chi connectivity index (χ0) is 10.8. The molecule has 1 N–H and O–H groups in total. The first kappa shape index (κ1) is 10.2. The fourth-order valence-corrected chi connectivity index (χ4v) is 2.00. The lowest BCUT2D eigenvalue weighted by Crippen LogP contribution is -2.13. The number of aromatic nitrogens is 2. The quantitative estimate of drug-likeness (QED) is 0.809. The van der Waals surface area contributed by atoms with Crippen LogP contribution in [0.4, 0.5) is 0 Å². The molecule has 0 bridgehead atoms. The van der Waals surface area contributed by atoms with Crippen molar-refractivity contribution in [1.29, 1.82) is 0 Å². The van der Waals surface area contributed by atoms with Gasteiger partial charge in [0.25, 0.3) is 5.89 Å². The fraction of sp³-hybridized carbons (Fsp3) is 0.818. The molecule has 1 aromatic rings. The Morgan fingerprint density at radius 1 is 1.38 bits per heavy atom. The summed E-state index contributed by atoms with van der Waals surface area (Å²) in [6.07, 6.45) is 3.61. The first-order valence-electron chi connectivity index (χ1n) is 6.03. The Morgan fingerprint density at radius 3 is 3.06 bits per heavy atom. The highest BCUT2D eigenvalue weighted by atomic mass is 16.5. The Bertz CT molecular complexity index is 343. The summed E-state index contributed by atoms with van der Waals surface area (Å²) in [5.74, 6) is 2.68. The molecule has 1 unspecified atom stereocenters. The van der Waals surface area contributed by atoms with Crippen LogP contribution in [-0.2, 0) is 11.3 Å². The Morgan fingerprint density at radius 2 is 2.31 bits per heavy atom. The predicted molar refractivity (Wildman–Crippen MR) is 56.9 cm³/mol. The van der Waals surface area contributed by atoms with Crippen LogP contribution >= 0.6 is 0 Å². The van der Waals surface area contributed by atoms with E-state index < -0.39 is 0 Å². The van der Waals surface area contributed by atoms with Gasteiger partial charge in [0.15, 0.2) is 5.82 Å². The molecule has 1 atom stereocenters. The van der Waals surface area contributed by atoms with Crippen LogP contribution in [0.5, 0.6) is 0 Å². The minimum atomic E-state index is 0.455. The largest absolute Gasteiger partial charge is 0.371 e. The van der Waals surface area contributed by atoms with Crippen molar-refractivity contribution in [2.75, 3.05) is 19.7 Å². The maximum atomic E-state index is 5.58. The molecule has 1 aliphatic carbocycles. The molecule has 16 heavy (non-hydrogen) atoms. The van der Waals surface area contributed by atoms with Crippen LogP contribution in [0.25, 0.3) is 0 Å². The van der Waals surface area contributed by atoms with Crippen molar-refractivity contribution < 1.29 is 9.26 Å². The van der Waals surface area contributed by atoms with Crippen LogP contribution in [-0.4, -0.2) is 29.8 Å². The van der Waals surface area contributed by atoms with Gasteiger partial charge in [0.05, 0.1) is 6.61 Å². The van der Waals surface area contributed by atoms with E-state index in [0.717, 1.165) is 25.5 Å². The normalized spacial score (nSPS) is 25.1. The van der Waals surface area contributed by atoms with Crippen LogP contribution in [0, 0.1) is 5.92 Å². The molecule has 1 aromatic heterocycles. The topological polar surface area (TPSA) is 60.2 Å². The van der Waals surface area contributed by atoms with Crippen LogP contribution in [0.1, 0.15) is 36.9 Å². The van der Waals surface area contributed by atoms with Gasteiger partial charge in [-0.05, 0) is 31.7 Å². The molecule has 88 valence electrons. The van der Waals surface area contributed by atoms with E-state index in [4.69, 9.17) is 9.26 Å². The van der Waals surface area contributed by atoms with Gasteiger partial charge in [-0.25, -0.2) is 0 Å². The molecule has 5 nitrogen and oxygen atoms in total. The molecule has 0 radical (unpaired) electrons. The summed E-state index contributed by atoms with van der Waals surface area (Å²) in [7, 11) is 0. The monoisotopic (exact) mass is 223 g/mol. The van der Waals surface area contributed by atoms with Gasteiger partial charge in [0, 0.05) is 12.5 Å². The second kappa shape index (κ2) is 4.51. The molecular formula is C11H17N3O2. The summed E-state index contributed by atoms with van der Waals surface area (Å²) in [6.45, 7) is 3.42. The number of hydrogen-bond donors (Lipinski definition) is 1. The summed E-state index contributed by atoms with van der Waals surface area (Å²) < 4.78 is 10.7. The highest BCUT2D eigenvalue weighted by Gasteiger charge is 2.28. The lowest BCUT2D eigenvalue weighted by atomic mass is 10.1.